The van der Waals surface area contributed by atoms with Gasteiger partial charge in [-0.25, -0.2) is 0 Å². The Morgan fingerprint density at radius 3 is 2.67 bits per heavy atom. The predicted molar refractivity (Wildman–Crippen MR) is 63.5 cm³/mol. The summed E-state index contributed by atoms with van der Waals surface area (Å²) in [7, 11) is 1.92. The minimum Gasteiger partial charge on any atom is -0.352 e. The van der Waals surface area contributed by atoms with Gasteiger partial charge in [0.2, 0.25) is 5.91 Å². The Kier molecular flexibility index (Phi) is 6.20. The van der Waals surface area contributed by atoms with Gasteiger partial charge < -0.3 is 11.1 Å². The van der Waals surface area contributed by atoms with Crippen molar-refractivity contribution in [2.75, 3.05) is 33.2 Å². The van der Waals surface area contributed by atoms with Gasteiger partial charge >= 0.3 is 0 Å². The van der Waals surface area contributed by atoms with Crippen molar-refractivity contribution in [1.29, 1.82) is 0 Å². The first-order chi connectivity index (χ1) is 6.91. The van der Waals surface area contributed by atoms with Crippen LogP contribution >= 0.6 is 0 Å². The Bertz CT molecular complexity index is 214. The first-order valence-corrected chi connectivity index (χ1v) is 5.17. The Morgan fingerprint density at radius 1 is 1.60 bits per heavy atom. The van der Waals surface area contributed by atoms with Crippen molar-refractivity contribution in [3.8, 4) is 0 Å². The van der Waals surface area contributed by atoms with E-state index in [2.05, 4.69) is 25.7 Å². The zero-order chi connectivity index (χ0) is 11.9. The van der Waals surface area contributed by atoms with E-state index >= 15 is 0 Å². The van der Waals surface area contributed by atoms with Crippen molar-refractivity contribution in [3.63, 3.8) is 0 Å². The molecule has 0 spiro atoms. The van der Waals surface area contributed by atoms with Gasteiger partial charge in [-0.3, -0.25) is 9.69 Å². The van der Waals surface area contributed by atoms with Crippen LogP contribution in [-0.2, 0) is 4.79 Å². The van der Waals surface area contributed by atoms with E-state index in [1.165, 1.54) is 0 Å². The fourth-order valence-corrected chi connectivity index (χ4v) is 1.34. The van der Waals surface area contributed by atoms with Gasteiger partial charge in [0.1, 0.15) is 0 Å². The molecule has 1 amide bonds. The molecule has 0 atom stereocenters. The second-order valence-electron chi connectivity index (χ2n) is 4.63. The Balaban J connectivity index is 3.87. The van der Waals surface area contributed by atoms with Crippen LogP contribution < -0.4 is 11.1 Å². The summed E-state index contributed by atoms with van der Waals surface area (Å²) in [6, 6.07) is 0. The van der Waals surface area contributed by atoms with Crippen molar-refractivity contribution in [3.05, 3.63) is 12.7 Å². The summed E-state index contributed by atoms with van der Waals surface area (Å²) in [4.78, 5) is 13.3. The summed E-state index contributed by atoms with van der Waals surface area (Å²) < 4.78 is 0. The van der Waals surface area contributed by atoms with E-state index in [1.54, 1.807) is 6.08 Å². The molecule has 0 fully saturated rings. The van der Waals surface area contributed by atoms with Crippen LogP contribution in [0.3, 0.4) is 0 Å². The third kappa shape index (κ3) is 7.11. The Labute approximate surface area is 92.5 Å². The summed E-state index contributed by atoms with van der Waals surface area (Å²) in [5, 5.41) is 2.74. The van der Waals surface area contributed by atoms with Crippen LogP contribution in [0.5, 0.6) is 0 Å². The molecule has 15 heavy (non-hydrogen) atoms. The minimum atomic E-state index is 0.0187. The van der Waals surface area contributed by atoms with E-state index in [0.717, 1.165) is 6.54 Å². The number of amides is 1. The molecule has 88 valence electrons. The maximum atomic E-state index is 11.4. The highest BCUT2D eigenvalue weighted by molar-refractivity contribution is 5.78. The number of nitrogens with one attached hydrogen (secondary N) is 1. The summed E-state index contributed by atoms with van der Waals surface area (Å²) in [5.74, 6) is 0.0187. The zero-order valence-electron chi connectivity index (χ0n) is 10.0. The average Bonchev–Trinajstić information content (AvgIpc) is 2.13. The zero-order valence-corrected chi connectivity index (χ0v) is 10.0. The standard InChI is InChI=1S/C11H23N3O/c1-5-6-13-10(15)7-14(4)9-11(2,3)8-12/h5H,1,6-9,12H2,2-4H3,(H,13,15). The molecule has 0 bridgehead atoms. The molecule has 4 heteroatoms. The van der Waals surface area contributed by atoms with E-state index in [0.29, 0.717) is 19.6 Å². The summed E-state index contributed by atoms with van der Waals surface area (Å²) >= 11 is 0. The molecule has 0 rings (SSSR count). The monoisotopic (exact) mass is 213 g/mol. The van der Waals surface area contributed by atoms with Gasteiger partial charge in [0.05, 0.1) is 6.54 Å². The van der Waals surface area contributed by atoms with Crippen LogP contribution in [0, 0.1) is 5.41 Å². The van der Waals surface area contributed by atoms with E-state index in [9.17, 15) is 4.79 Å². The van der Waals surface area contributed by atoms with Gasteiger partial charge in [-0.15, -0.1) is 6.58 Å². The highest BCUT2D eigenvalue weighted by atomic mass is 16.1. The molecule has 0 radical (unpaired) electrons. The summed E-state index contributed by atoms with van der Waals surface area (Å²) in [6.45, 7) is 10.1. The van der Waals surface area contributed by atoms with Gasteiger partial charge in [-0.05, 0) is 19.0 Å². The minimum absolute atomic E-state index is 0.0187. The largest absolute Gasteiger partial charge is 0.352 e. The van der Waals surface area contributed by atoms with Crippen molar-refractivity contribution in [2.45, 2.75) is 13.8 Å². The molecule has 0 aliphatic heterocycles. The molecule has 0 heterocycles. The third-order valence-corrected chi connectivity index (χ3v) is 2.11. The van der Waals surface area contributed by atoms with Crippen LogP contribution in [-0.4, -0.2) is 44.0 Å². The van der Waals surface area contributed by atoms with Gasteiger partial charge in [-0.1, -0.05) is 19.9 Å². The molecule has 0 aromatic rings. The number of hydrogen-bond donors (Lipinski definition) is 2. The summed E-state index contributed by atoms with van der Waals surface area (Å²) in [6.07, 6.45) is 1.67. The lowest BCUT2D eigenvalue weighted by atomic mass is 9.93. The highest BCUT2D eigenvalue weighted by Crippen LogP contribution is 2.13. The summed E-state index contributed by atoms with van der Waals surface area (Å²) in [5.41, 5.74) is 5.67. The molecule has 4 nitrogen and oxygen atoms in total. The van der Waals surface area contributed by atoms with Crippen molar-refractivity contribution >= 4 is 5.91 Å². The molecule has 0 unspecified atom stereocenters. The normalized spacial score (nSPS) is 11.5. The Morgan fingerprint density at radius 2 is 2.20 bits per heavy atom. The van der Waals surface area contributed by atoms with Crippen LogP contribution in [0.1, 0.15) is 13.8 Å². The van der Waals surface area contributed by atoms with Gasteiger partial charge in [0.15, 0.2) is 0 Å². The van der Waals surface area contributed by atoms with Gasteiger partial charge in [0.25, 0.3) is 0 Å². The quantitative estimate of drug-likeness (QED) is 0.594. The molecular formula is C11H23N3O. The van der Waals surface area contributed by atoms with Crippen molar-refractivity contribution in [2.24, 2.45) is 11.1 Å². The molecule has 0 aromatic heterocycles. The van der Waals surface area contributed by atoms with Gasteiger partial charge in [-0.2, -0.15) is 0 Å². The second-order valence-corrected chi connectivity index (χ2v) is 4.63. The maximum Gasteiger partial charge on any atom is 0.234 e. The third-order valence-electron chi connectivity index (χ3n) is 2.11. The molecular weight excluding hydrogens is 190 g/mol. The lowest BCUT2D eigenvalue weighted by molar-refractivity contribution is -0.121. The SMILES string of the molecule is C=CCNC(=O)CN(C)CC(C)(C)CN. The highest BCUT2D eigenvalue weighted by Gasteiger charge is 2.18. The second kappa shape index (κ2) is 6.58. The van der Waals surface area contributed by atoms with Crippen LogP contribution in [0.2, 0.25) is 0 Å². The van der Waals surface area contributed by atoms with Crippen LogP contribution in [0.25, 0.3) is 0 Å². The van der Waals surface area contributed by atoms with Gasteiger partial charge in [0, 0.05) is 13.1 Å². The molecule has 0 aliphatic rings. The maximum absolute atomic E-state index is 11.4. The topological polar surface area (TPSA) is 58.4 Å². The number of rotatable bonds is 7. The van der Waals surface area contributed by atoms with E-state index in [1.807, 2.05) is 11.9 Å². The first kappa shape index (κ1) is 14.1. The molecule has 0 saturated heterocycles. The first-order valence-electron chi connectivity index (χ1n) is 5.17. The number of carbonyl (C=O) groups is 1. The molecule has 0 aromatic carbocycles. The van der Waals surface area contributed by atoms with Crippen LogP contribution in [0.15, 0.2) is 12.7 Å². The van der Waals surface area contributed by atoms with E-state index in [-0.39, 0.29) is 11.3 Å². The Hall–Kier alpha value is -0.870. The predicted octanol–water partition coefficient (Wildman–Crippen LogP) is 0.205. The van der Waals surface area contributed by atoms with E-state index in [4.69, 9.17) is 5.73 Å². The molecule has 3 N–H and O–H groups in total. The molecule has 0 saturated carbocycles. The van der Waals surface area contributed by atoms with E-state index < -0.39 is 0 Å². The number of nitrogens with zero attached hydrogens (tertiary/aromatic N) is 1. The van der Waals surface area contributed by atoms with Crippen molar-refractivity contribution in [1.82, 2.24) is 10.2 Å². The molecule has 0 aliphatic carbocycles. The number of hydrogen-bond acceptors (Lipinski definition) is 3. The number of nitrogens with two attached hydrogens (primary N) is 1. The van der Waals surface area contributed by atoms with Crippen molar-refractivity contribution < 1.29 is 4.79 Å². The lowest BCUT2D eigenvalue weighted by Gasteiger charge is -2.28. The lowest BCUT2D eigenvalue weighted by Crippen LogP contribution is -2.41. The number of carbonyl (C=O) groups excluding carboxylic acids is 1. The average molecular weight is 213 g/mol. The smallest absolute Gasteiger partial charge is 0.234 e. The fourth-order valence-electron chi connectivity index (χ4n) is 1.34. The number of likely N-dealkylation sites (N-methyl/N-ethyl adjacent to an activating group) is 1. The fraction of sp³-hybridized carbons (Fsp3) is 0.727. The van der Waals surface area contributed by atoms with Crippen LogP contribution in [0.4, 0.5) is 0 Å².